The van der Waals surface area contributed by atoms with E-state index in [4.69, 9.17) is 4.74 Å². The molecule has 9 heteroatoms. The standard InChI is InChI=1S/C19H22N4O4S/c1-4-5-10-27-13-8-6-12(7-9-13)14(24)11-28-18-20-15-16(21-18)22(2)19(26)23(3)17(15)25/h6-9H,4-5,10-11H2,1-3H3,(H,20,21). The number of imidazole rings is 1. The summed E-state index contributed by atoms with van der Waals surface area (Å²) in [6, 6.07) is 7.05. The van der Waals surface area contributed by atoms with E-state index in [0.717, 1.165) is 23.2 Å². The number of unbranched alkanes of at least 4 members (excludes halogenated alkanes) is 1. The summed E-state index contributed by atoms with van der Waals surface area (Å²) in [7, 11) is 2.96. The van der Waals surface area contributed by atoms with Gasteiger partial charge in [-0.1, -0.05) is 25.1 Å². The summed E-state index contributed by atoms with van der Waals surface area (Å²) < 4.78 is 7.91. The highest BCUT2D eigenvalue weighted by molar-refractivity contribution is 7.99. The number of hydrogen-bond donors (Lipinski definition) is 1. The summed E-state index contributed by atoms with van der Waals surface area (Å²) >= 11 is 1.19. The number of carbonyl (C=O) groups is 1. The minimum absolute atomic E-state index is 0.0626. The van der Waals surface area contributed by atoms with Gasteiger partial charge in [0.1, 0.15) is 5.75 Å². The topological polar surface area (TPSA) is 99.0 Å². The fourth-order valence-electron chi connectivity index (χ4n) is 2.66. The van der Waals surface area contributed by atoms with Crippen LogP contribution in [-0.4, -0.2) is 37.2 Å². The molecule has 0 aliphatic heterocycles. The number of thioether (sulfide) groups is 1. The first-order valence-corrected chi connectivity index (χ1v) is 9.95. The molecule has 0 amide bonds. The van der Waals surface area contributed by atoms with Gasteiger partial charge in [0.2, 0.25) is 0 Å². The van der Waals surface area contributed by atoms with E-state index in [2.05, 4.69) is 16.9 Å². The smallest absolute Gasteiger partial charge is 0.332 e. The molecule has 2 aromatic heterocycles. The summed E-state index contributed by atoms with van der Waals surface area (Å²) in [6.07, 6.45) is 2.05. The molecular formula is C19H22N4O4S. The molecule has 0 saturated heterocycles. The summed E-state index contributed by atoms with van der Waals surface area (Å²) in [4.78, 5) is 43.8. The van der Waals surface area contributed by atoms with E-state index in [1.165, 1.54) is 23.4 Å². The maximum absolute atomic E-state index is 12.4. The third-order valence-corrected chi connectivity index (χ3v) is 5.23. The average Bonchev–Trinajstić information content (AvgIpc) is 3.14. The van der Waals surface area contributed by atoms with Crippen molar-refractivity contribution in [2.24, 2.45) is 14.1 Å². The van der Waals surface area contributed by atoms with Crippen LogP contribution in [0.4, 0.5) is 0 Å². The molecule has 0 fully saturated rings. The zero-order valence-corrected chi connectivity index (χ0v) is 16.8. The first-order chi connectivity index (χ1) is 13.4. The Hall–Kier alpha value is -2.81. The minimum atomic E-state index is -0.446. The monoisotopic (exact) mass is 402 g/mol. The minimum Gasteiger partial charge on any atom is -0.494 e. The molecule has 0 radical (unpaired) electrons. The van der Waals surface area contributed by atoms with Crippen LogP contribution in [0.3, 0.4) is 0 Å². The first kappa shape index (κ1) is 19.9. The molecule has 0 aliphatic carbocycles. The second-order valence-corrected chi connectivity index (χ2v) is 7.35. The predicted molar refractivity (Wildman–Crippen MR) is 108 cm³/mol. The average molecular weight is 402 g/mol. The van der Waals surface area contributed by atoms with Crippen molar-refractivity contribution in [3.63, 3.8) is 0 Å². The number of H-pyrrole nitrogens is 1. The van der Waals surface area contributed by atoms with Gasteiger partial charge in [-0.15, -0.1) is 0 Å². The zero-order chi connectivity index (χ0) is 20.3. The molecule has 0 atom stereocenters. The van der Waals surface area contributed by atoms with Crippen LogP contribution in [0, 0.1) is 0 Å². The van der Waals surface area contributed by atoms with Gasteiger partial charge < -0.3 is 9.72 Å². The Kier molecular flexibility index (Phi) is 6.03. The van der Waals surface area contributed by atoms with Gasteiger partial charge in [-0.05, 0) is 30.7 Å². The molecule has 28 heavy (non-hydrogen) atoms. The Morgan fingerprint density at radius 2 is 1.89 bits per heavy atom. The van der Waals surface area contributed by atoms with Gasteiger partial charge in [0.15, 0.2) is 22.1 Å². The number of Topliss-reactive ketones (excluding diaryl/α,β-unsaturated/α-hetero) is 1. The summed E-state index contributed by atoms with van der Waals surface area (Å²) in [5.74, 6) is 0.837. The van der Waals surface area contributed by atoms with E-state index < -0.39 is 11.2 Å². The number of aryl methyl sites for hydroxylation is 1. The van der Waals surface area contributed by atoms with Crippen molar-refractivity contribution < 1.29 is 9.53 Å². The van der Waals surface area contributed by atoms with Crippen LogP contribution in [-0.2, 0) is 14.1 Å². The second-order valence-electron chi connectivity index (χ2n) is 6.38. The van der Waals surface area contributed by atoms with Crippen molar-refractivity contribution in [1.82, 2.24) is 19.1 Å². The maximum atomic E-state index is 12.4. The number of nitrogens with zero attached hydrogens (tertiary/aromatic N) is 3. The van der Waals surface area contributed by atoms with Gasteiger partial charge in [0, 0.05) is 19.7 Å². The predicted octanol–water partition coefficient (Wildman–Crippen LogP) is 2.11. The van der Waals surface area contributed by atoms with Crippen molar-refractivity contribution in [2.45, 2.75) is 24.9 Å². The van der Waals surface area contributed by atoms with Crippen molar-refractivity contribution in [3.05, 3.63) is 50.7 Å². The summed E-state index contributed by atoms with van der Waals surface area (Å²) in [5, 5.41) is 0.418. The quantitative estimate of drug-likeness (QED) is 0.352. The molecule has 0 aliphatic rings. The first-order valence-electron chi connectivity index (χ1n) is 8.97. The van der Waals surface area contributed by atoms with Gasteiger partial charge in [-0.2, -0.15) is 0 Å². The van der Waals surface area contributed by atoms with Crippen molar-refractivity contribution in [3.8, 4) is 5.75 Å². The lowest BCUT2D eigenvalue weighted by molar-refractivity contribution is 0.102. The van der Waals surface area contributed by atoms with Crippen LogP contribution in [0.2, 0.25) is 0 Å². The zero-order valence-electron chi connectivity index (χ0n) is 16.0. The molecular weight excluding hydrogens is 380 g/mol. The Labute approximate surface area is 165 Å². The highest BCUT2D eigenvalue weighted by Gasteiger charge is 2.15. The van der Waals surface area contributed by atoms with Gasteiger partial charge in [0.05, 0.1) is 12.4 Å². The summed E-state index contributed by atoms with van der Waals surface area (Å²) in [6.45, 7) is 2.76. The highest BCUT2D eigenvalue weighted by atomic mass is 32.2. The number of benzene rings is 1. The number of rotatable bonds is 8. The van der Waals surface area contributed by atoms with E-state index in [1.807, 2.05) is 0 Å². The van der Waals surface area contributed by atoms with Gasteiger partial charge in [-0.25, -0.2) is 9.78 Å². The maximum Gasteiger partial charge on any atom is 0.332 e. The lowest BCUT2D eigenvalue weighted by atomic mass is 10.1. The number of carbonyl (C=O) groups excluding carboxylic acids is 1. The van der Waals surface area contributed by atoms with Crippen LogP contribution in [0.15, 0.2) is 39.0 Å². The van der Waals surface area contributed by atoms with Crippen molar-refractivity contribution >= 4 is 28.7 Å². The second kappa shape index (κ2) is 8.47. The van der Waals surface area contributed by atoms with Crippen LogP contribution >= 0.6 is 11.8 Å². The Bertz CT molecular complexity index is 1110. The SMILES string of the molecule is CCCCOc1ccc(C(=O)CSc2nc3c([nH]2)c(=O)n(C)c(=O)n3C)cc1. The molecule has 3 rings (SSSR count). The van der Waals surface area contributed by atoms with E-state index in [-0.39, 0.29) is 22.7 Å². The number of hydrogen-bond acceptors (Lipinski definition) is 6. The molecule has 8 nitrogen and oxygen atoms in total. The van der Waals surface area contributed by atoms with Gasteiger partial charge in [0.25, 0.3) is 5.56 Å². The number of ketones is 1. The number of fused-ring (bicyclic) bond motifs is 1. The van der Waals surface area contributed by atoms with Crippen LogP contribution in [0.1, 0.15) is 30.1 Å². The largest absolute Gasteiger partial charge is 0.494 e. The summed E-state index contributed by atoms with van der Waals surface area (Å²) in [5.41, 5.74) is 0.208. The molecule has 2 heterocycles. The van der Waals surface area contributed by atoms with Crippen LogP contribution < -0.4 is 16.0 Å². The van der Waals surface area contributed by atoms with Crippen molar-refractivity contribution in [2.75, 3.05) is 12.4 Å². The lowest BCUT2D eigenvalue weighted by Crippen LogP contribution is -2.36. The van der Waals surface area contributed by atoms with Crippen LogP contribution in [0.25, 0.3) is 11.2 Å². The molecule has 0 unspecified atom stereocenters. The fraction of sp³-hybridized carbons (Fsp3) is 0.368. The number of aromatic amines is 1. The molecule has 1 N–H and O–H groups in total. The Morgan fingerprint density at radius 1 is 1.18 bits per heavy atom. The van der Waals surface area contributed by atoms with Gasteiger partial charge in [-0.3, -0.25) is 18.7 Å². The van der Waals surface area contributed by atoms with Crippen molar-refractivity contribution in [1.29, 1.82) is 0 Å². The Morgan fingerprint density at radius 3 is 2.57 bits per heavy atom. The third kappa shape index (κ3) is 4.04. The fourth-order valence-corrected chi connectivity index (χ4v) is 3.42. The van der Waals surface area contributed by atoms with E-state index >= 15 is 0 Å². The van der Waals surface area contributed by atoms with Gasteiger partial charge >= 0.3 is 5.69 Å². The van der Waals surface area contributed by atoms with E-state index in [9.17, 15) is 14.4 Å². The Balaban J connectivity index is 1.69. The highest BCUT2D eigenvalue weighted by Crippen LogP contribution is 2.19. The third-order valence-electron chi connectivity index (χ3n) is 4.36. The molecule has 0 bridgehead atoms. The normalized spacial score (nSPS) is 11.1. The molecule has 148 valence electrons. The van der Waals surface area contributed by atoms with E-state index in [0.29, 0.717) is 17.3 Å². The number of nitrogens with one attached hydrogen (secondary N) is 1. The number of aromatic nitrogens is 4. The molecule has 0 spiro atoms. The van der Waals surface area contributed by atoms with E-state index in [1.54, 1.807) is 31.3 Å². The van der Waals surface area contributed by atoms with Crippen LogP contribution in [0.5, 0.6) is 5.75 Å². The molecule has 3 aromatic rings. The number of ether oxygens (including phenoxy) is 1. The molecule has 1 aromatic carbocycles. The lowest BCUT2D eigenvalue weighted by Gasteiger charge is -2.06. The molecule has 0 saturated carbocycles.